The number of hydrogen-bond donors (Lipinski definition) is 0. The molecule has 0 aliphatic heterocycles. The van der Waals surface area contributed by atoms with Gasteiger partial charge in [0.05, 0.1) is 6.61 Å². The summed E-state index contributed by atoms with van der Waals surface area (Å²) in [7, 11) is 0. The molecule has 0 fully saturated rings. The van der Waals surface area contributed by atoms with Crippen LogP contribution in [0.4, 0.5) is 0 Å². The highest BCUT2D eigenvalue weighted by Crippen LogP contribution is 1.91. The first-order valence-electron chi connectivity index (χ1n) is 5.15. The van der Waals surface area contributed by atoms with Crippen LogP contribution < -0.4 is 0 Å². The van der Waals surface area contributed by atoms with Crippen molar-refractivity contribution in [2.45, 2.75) is 33.6 Å². The van der Waals surface area contributed by atoms with Gasteiger partial charge in [-0.15, -0.1) is 0 Å². The lowest BCUT2D eigenvalue weighted by molar-refractivity contribution is 0.106. The molecule has 0 spiro atoms. The minimum atomic E-state index is 0.891. The van der Waals surface area contributed by atoms with Crippen molar-refractivity contribution in [1.82, 2.24) is 4.90 Å². The largest absolute Gasteiger partial charge is 0.380 e. The minimum absolute atomic E-state index is 0.891. The van der Waals surface area contributed by atoms with Gasteiger partial charge in [-0.25, -0.2) is 0 Å². The van der Waals surface area contributed by atoms with Crippen LogP contribution in [0.5, 0.6) is 0 Å². The molecule has 0 saturated heterocycles. The van der Waals surface area contributed by atoms with E-state index in [1.165, 1.54) is 13.0 Å². The lowest BCUT2D eigenvalue weighted by Crippen LogP contribution is -2.28. The lowest BCUT2D eigenvalue weighted by atomic mass is 10.4. The molecule has 2 heteroatoms. The molecule has 0 aliphatic rings. The molecule has 0 aromatic carbocycles. The molecular formula is C10H23NO. The summed E-state index contributed by atoms with van der Waals surface area (Å²) >= 11 is 0. The summed E-state index contributed by atoms with van der Waals surface area (Å²) in [6, 6.07) is 0. The van der Waals surface area contributed by atoms with E-state index in [9.17, 15) is 0 Å². The Labute approximate surface area is 76.9 Å². The topological polar surface area (TPSA) is 12.5 Å². The molecule has 0 N–H and O–H groups in total. The Balaban J connectivity index is 3.19. The Kier molecular flexibility index (Phi) is 8.95. The third-order valence-corrected chi connectivity index (χ3v) is 1.89. The van der Waals surface area contributed by atoms with E-state index in [1.807, 2.05) is 0 Å². The van der Waals surface area contributed by atoms with Crippen LogP contribution in [0.25, 0.3) is 0 Å². The second-order valence-corrected chi connectivity index (χ2v) is 3.05. The molecule has 2 nitrogen and oxygen atoms in total. The second kappa shape index (κ2) is 9.01. The maximum absolute atomic E-state index is 5.42. The first-order chi connectivity index (χ1) is 5.85. The van der Waals surface area contributed by atoms with Crippen molar-refractivity contribution in [2.24, 2.45) is 0 Å². The van der Waals surface area contributed by atoms with E-state index in [0.29, 0.717) is 0 Å². The van der Waals surface area contributed by atoms with Crippen LogP contribution in [0.3, 0.4) is 0 Å². The molecule has 0 saturated carbocycles. The Morgan fingerprint density at radius 3 is 2.17 bits per heavy atom. The summed E-state index contributed by atoms with van der Waals surface area (Å²) in [5.41, 5.74) is 0. The van der Waals surface area contributed by atoms with Crippen LogP contribution in [-0.2, 0) is 4.74 Å². The molecule has 0 amide bonds. The maximum Gasteiger partial charge on any atom is 0.0593 e. The van der Waals surface area contributed by atoms with Crippen molar-refractivity contribution in [3.05, 3.63) is 0 Å². The molecule has 0 unspecified atom stereocenters. The SMILES string of the molecule is CCCOCCN(CC)CCC. The number of rotatable bonds is 8. The maximum atomic E-state index is 5.42. The standard InChI is InChI=1S/C10H23NO/c1-4-7-11(6-3)8-10-12-9-5-2/h4-10H2,1-3H3. The van der Waals surface area contributed by atoms with E-state index < -0.39 is 0 Å². The normalized spacial score (nSPS) is 11.0. The van der Waals surface area contributed by atoms with Crippen LogP contribution in [0.2, 0.25) is 0 Å². The van der Waals surface area contributed by atoms with E-state index in [4.69, 9.17) is 4.74 Å². The zero-order valence-corrected chi connectivity index (χ0v) is 8.81. The fourth-order valence-corrected chi connectivity index (χ4v) is 1.18. The van der Waals surface area contributed by atoms with Crippen LogP contribution in [0, 0.1) is 0 Å². The molecule has 0 atom stereocenters. The average Bonchev–Trinajstić information content (AvgIpc) is 2.10. The van der Waals surface area contributed by atoms with Gasteiger partial charge >= 0.3 is 0 Å². The highest BCUT2D eigenvalue weighted by molar-refractivity contribution is 4.52. The fraction of sp³-hybridized carbons (Fsp3) is 1.00. The first kappa shape index (κ1) is 11.9. The van der Waals surface area contributed by atoms with E-state index in [1.54, 1.807) is 0 Å². The highest BCUT2D eigenvalue weighted by Gasteiger charge is 1.98. The summed E-state index contributed by atoms with van der Waals surface area (Å²) in [6.45, 7) is 11.8. The average molecular weight is 173 g/mol. The van der Waals surface area contributed by atoms with Gasteiger partial charge in [-0.05, 0) is 25.9 Å². The van der Waals surface area contributed by atoms with Crippen molar-refractivity contribution in [3.8, 4) is 0 Å². The smallest absolute Gasteiger partial charge is 0.0593 e. The third-order valence-electron chi connectivity index (χ3n) is 1.89. The van der Waals surface area contributed by atoms with E-state index in [0.717, 1.165) is 32.7 Å². The number of nitrogens with zero attached hydrogens (tertiary/aromatic N) is 1. The predicted molar refractivity (Wildman–Crippen MR) is 53.5 cm³/mol. The zero-order valence-electron chi connectivity index (χ0n) is 8.81. The van der Waals surface area contributed by atoms with Gasteiger partial charge in [0, 0.05) is 13.2 Å². The van der Waals surface area contributed by atoms with Crippen molar-refractivity contribution < 1.29 is 4.74 Å². The molecule has 0 aromatic heterocycles. The van der Waals surface area contributed by atoms with Gasteiger partial charge in [0.25, 0.3) is 0 Å². The molecule has 0 radical (unpaired) electrons. The molecule has 74 valence electrons. The number of hydrogen-bond acceptors (Lipinski definition) is 2. The molecular weight excluding hydrogens is 150 g/mol. The van der Waals surface area contributed by atoms with Gasteiger partial charge < -0.3 is 9.64 Å². The van der Waals surface area contributed by atoms with Gasteiger partial charge in [0.2, 0.25) is 0 Å². The number of likely N-dealkylation sites (N-methyl/N-ethyl adjacent to an activating group) is 1. The molecule has 0 bridgehead atoms. The molecule has 0 aliphatic carbocycles. The molecule has 0 heterocycles. The van der Waals surface area contributed by atoms with Crippen LogP contribution in [0.15, 0.2) is 0 Å². The molecule has 12 heavy (non-hydrogen) atoms. The van der Waals surface area contributed by atoms with Crippen molar-refractivity contribution in [2.75, 3.05) is 32.8 Å². The zero-order chi connectivity index (χ0) is 9.23. The van der Waals surface area contributed by atoms with Crippen LogP contribution >= 0.6 is 0 Å². The summed E-state index contributed by atoms with van der Waals surface area (Å²) in [5, 5.41) is 0. The van der Waals surface area contributed by atoms with E-state index in [-0.39, 0.29) is 0 Å². The number of ether oxygens (including phenoxy) is 1. The Bertz CT molecular complexity index is 85.9. The van der Waals surface area contributed by atoms with Crippen molar-refractivity contribution in [1.29, 1.82) is 0 Å². The Morgan fingerprint density at radius 1 is 0.917 bits per heavy atom. The van der Waals surface area contributed by atoms with Gasteiger partial charge in [0.15, 0.2) is 0 Å². The monoisotopic (exact) mass is 173 g/mol. The second-order valence-electron chi connectivity index (χ2n) is 3.05. The van der Waals surface area contributed by atoms with Crippen molar-refractivity contribution in [3.63, 3.8) is 0 Å². The van der Waals surface area contributed by atoms with Crippen molar-refractivity contribution >= 4 is 0 Å². The predicted octanol–water partition coefficient (Wildman–Crippen LogP) is 2.14. The minimum Gasteiger partial charge on any atom is -0.380 e. The lowest BCUT2D eigenvalue weighted by Gasteiger charge is -2.18. The van der Waals surface area contributed by atoms with E-state index in [2.05, 4.69) is 25.7 Å². The van der Waals surface area contributed by atoms with Gasteiger partial charge in [-0.3, -0.25) is 0 Å². The van der Waals surface area contributed by atoms with Crippen LogP contribution in [0.1, 0.15) is 33.6 Å². The van der Waals surface area contributed by atoms with Gasteiger partial charge in [-0.1, -0.05) is 20.8 Å². The first-order valence-corrected chi connectivity index (χ1v) is 5.15. The quantitative estimate of drug-likeness (QED) is 0.521. The highest BCUT2D eigenvalue weighted by atomic mass is 16.5. The summed E-state index contributed by atoms with van der Waals surface area (Å²) in [5.74, 6) is 0. The molecule has 0 rings (SSSR count). The third kappa shape index (κ3) is 6.62. The van der Waals surface area contributed by atoms with E-state index >= 15 is 0 Å². The van der Waals surface area contributed by atoms with Gasteiger partial charge in [0.1, 0.15) is 0 Å². The summed E-state index contributed by atoms with van der Waals surface area (Å²) < 4.78 is 5.42. The Morgan fingerprint density at radius 2 is 1.67 bits per heavy atom. The Hall–Kier alpha value is -0.0800. The summed E-state index contributed by atoms with van der Waals surface area (Å²) in [6.07, 6.45) is 2.36. The van der Waals surface area contributed by atoms with Gasteiger partial charge in [-0.2, -0.15) is 0 Å². The summed E-state index contributed by atoms with van der Waals surface area (Å²) in [4.78, 5) is 2.43. The molecule has 0 aromatic rings. The fourth-order valence-electron chi connectivity index (χ4n) is 1.18. The van der Waals surface area contributed by atoms with Crippen LogP contribution in [-0.4, -0.2) is 37.7 Å².